The van der Waals surface area contributed by atoms with Crippen LogP contribution >= 0.6 is 0 Å². The minimum absolute atomic E-state index is 0.213. The van der Waals surface area contributed by atoms with Crippen molar-refractivity contribution >= 4 is 5.91 Å². The predicted octanol–water partition coefficient (Wildman–Crippen LogP) is 4.14. The third kappa shape index (κ3) is 2.51. The highest BCUT2D eigenvalue weighted by molar-refractivity contribution is 5.79. The van der Waals surface area contributed by atoms with E-state index in [1.807, 2.05) is 6.92 Å². The Hall–Kier alpha value is -0.570. The molecule has 142 valence electrons. The summed E-state index contributed by atoms with van der Waals surface area (Å²) in [4.78, 5) is 12.5. The zero-order chi connectivity index (χ0) is 18.0. The van der Waals surface area contributed by atoms with Gasteiger partial charge in [-0.25, -0.2) is 0 Å². The number of amides is 1. The molecule has 0 saturated heterocycles. The van der Waals surface area contributed by atoms with Crippen molar-refractivity contribution in [1.29, 1.82) is 0 Å². The quantitative estimate of drug-likeness (QED) is 0.749. The van der Waals surface area contributed by atoms with E-state index in [1.165, 1.54) is 38.5 Å². The van der Waals surface area contributed by atoms with Crippen molar-refractivity contribution in [2.45, 2.75) is 84.2 Å². The first-order valence-corrected chi connectivity index (χ1v) is 10.7. The van der Waals surface area contributed by atoms with Gasteiger partial charge in [0.15, 0.2) is 0 Å². The van der Waals surface area contributed by atoms with Crippen LogP contribution in [0.2, 0.25) is 0 Å². The van der Waals surface area contributed by atoms with E-state index in [9.17, 15) is 9.90 Å². The predicted molar refractivity (Wildman–Crippen MR) is 99.9 cm³/mol. The molecule has 3 heteroatoms. The summed E-state index contributed by atoms with van der Waals surface area (Å²) in [7, 11) is 1.80. The van der Waals surface area contributed by atoms with E-state index < -0.39 is 5.60 Å². The summed E-state index contributed by atoms with van der Waals surface area (Å²) >= 11 is 0. The summed E-state index contributed by atoms with van der Waals surface area (Å²) in [6.07, 6.45) is 10.6. The van der Waals surface area contributed by atoms with Crippen LogP contribution in [0.1, 0.15) is 78.6 Å². The first-order valence-electron chi connectivity index (χ1n) is 10.7. The molecule has 3 nitrogen and oxygen atoms in total. The van der Waals surface area contributed by atoms with Crippen LogP contribution in [0.25, 0.3) is 0 Å². The van der Waals surface area contributed by atoms with Crippen molar-refractivity contribution in [2.24, 2.45) is 40.4 Å². The van der Waals surface area contributed by atoms with Gasteiger partial charge in [-0.1, -0.05) is 13.8 Å². The molecular formula is C22H37NO2. The largest absolute Gasteiger partial charge is 0.390 e. The Morgan fingerprint density at radius 1 is 0.920 bits per heavy atom. The topological polar surface area (TPSA) is 49.3 Å². The molecule has 4 saturated carbocycles. The molecule has 0 unspecified atom stereocenters. The summed E-state index contributed by atoms with van der Waals surface area (Å²) < 4.78 is 0. The van der Waals surface area contributed by atoms with Gasteiger partial charge in [-0.05, 0) is 99.2 Å². The molecule has 0 aliphatic heterocycles. The lowest BCUT2D eigenvalue weighted by Crippen LogP contribution is -2.56. The molecule has 25 heavy (non-hydrogen) atoms. The Balaban J connectivity index is 1.59. The van der Waals surface area contributed by atoms with Gasteiger partial charge in [0, 0.05) is 13.0 Å². The van der Waals surface area contributed by atoms with Crippen molar-refractivity contribution in [2.75, 3.05) is 7.05 Å². The van der Waals surface area contributed by atoms with E-state index in [-0.39, 0.29) is 17.2 Å². The van der Waals surface area contributed by atoms with Crippen LogP contribution in [0.3, 0.4) is 0 Å². The summed E-state index contributed by atoms with van der Waals surface area (Å²) in [6.45, 7) is 7.00. The van der Waals surface area contributed by atoms with Gasteiger partial charge in [-0.3, -0.25) is 4.79 Å². The number of rotatable bonds is 1. The van der Waals surface area contributed by atoms with Gasteiger partial charge in [-0.2, -0.15) is 0 Å². The Labute approximate surface area is 153 Å². The van der Waals surface area contributed by atoms with Crippen LogP contribution in [0, 0.1) is 40.4 Å². The molecule has 0 aromatic rings. The Kier molecular flexibility index (Phi) is 4.07. The molecule has 0 aromatic heterocycles. The maximum Gasteiger partial charge on any atom is 0.223 e. The monoisotopic (exact) mass is 347 g/mol. The molecule has 2 N–H and O–H groups in total. The van der Waals surface area contributed by atoms with Gasteiger partial charge in [0.25, 0.3) is 0 Å². The maximum absolute atomic E-state index is 12.5. The highest BCUT2D eigenvalue weighted by atomic mass is 16.3. The fourth-order valence-corrected chi connectivity index (χ4v) is 8.04. The van der Waals surface area contributed by atoms with Crippen molar-refractivity contribution in [3.05, 3.63) is 0 Å². The van der Waals surface area contributed by atoms with Crippen molar-refractivity contribution in [1.82, 2.24) is 5.32 Å². The van der Waals surface area contributed by atoms with Gasteiger partial charge in [0.05, 0.1) is 5.60 Å². The molecule has 4 rings (SSSR count). The molecule has 4 aliphatic carbocycles. The van der Waals surface area contributed by atoms with Gasteiger partial charge in [0.2, 0.25) is 5.91 Å². The van der Waals surface area contributed by atoms with Crippen LogP contribution in [0.15, 0.2) is 0 Å². The first-order chi connectivity index (χ1) is 11.7. The molecule has 0 aromatic carbocycles. The minimum atomic E-state index is -0.447. The lowest BCUT2D eigenvalue weighted by molar-refractivity contribution is -0.151. The third-order valence-electron chi connectivity index (χ3n) is 9.52. The summed E-state index contributed by atoms with van der Waals surface area (Å²) in [6, 6.07) is 0. The molecular weight excluding hydrogens is 310 g/mol. The second-order valence-corrected chi connectivity index (χ2v) is 10.6. The van der Waals surface area contributed by atoms with Crippen LogP contribution < -0.4 is 5.32 Å². The second kappa shape index (κ2) is 5.71. The summed E-state index contributed by atoms with van der Waals surface area (Å²) in [5.74, 6) is 3.53. The summed E-state index contributed by atoms with van der Waals surface area (Å²) in [5, 5.41) is 13.5. The number of fused-ring (bicyclic) bond motifs is 5. The lowest BCUT2D eigenvalue weighted by atomic mass is 9.44. The lowest BCUT2D eigenvalue weighted by Gasteiger charge is -2.61. The molecule has 8 atom stereocenters. The van der Waals surface area contributed by atoms with Crippen LogP contribution in [0.5, 0.6) is 0 Å². The van der Waals surface area contributed by atoms with E-state index >= 15 is 0 Å². The van der Waals surface area contributed by atoms with E-state index in [4.69, 9.17) is 0 Å². The second-order valence-electron chi connectivity index (χ2n) is 10.6. The zero-order valence-electron chi connectivity index (χ0n) is 16.6. The number of carbonyl (C=O) groups excluding carboxylic acids is 1. The van der Waals surface area contributed by atoms with Gasteiger partial charge in [-0.15, -0.1) is 0 Å². The highest BCUT2D eigenvalue weighted by Gasteiger charge is 2.61. The zero-order valence-corrected chi connectivity index (χ0v) is 16.6. The molecule has 0 bridgehead atoms. The van der Waals surface area contributed by atoms with Crippen LogP contribution in [0.4, 0.5) is 0 Å². The number of nitrogens with one attached hydrogen (secondary N) is 1. The minimum Gasteiger partial charge on any atom is -0.390 e. The molecule has 4 fully saturated rings. The number of carbonyl (C=O) groups is 1. The standard InChI is InChI=1S/C22H37NO2/c1-20(25)11-12-21(2)14(13-20)5-6-15-16-7-8-18(19(24)23-4)22(16,3)10-9-17(15)21/h14-18,25H,5-13H2,1-4H3,(H,23,24)/t14-,15+,16+,17+,18-,20-,21+,22+/m1/s1. The number of hydrogen-bond donors (Lipinski definition) is 2. The molecule has 0 spiro atoms. The SMILES string of the molecule is CNC(=O)[C@H]1CC[C@H]2[C@@H]3CC[C@@H]4C[C@](C)(O)CC[C@]4(C)[C@H]3CC[C@]12C. The van der Waals surface area contributed by atoms with Gasteiger partial charge < -0.3 is 10.4 Å². The molecule has 0 radical (unpaired) electrons. The Morgan fingerprint density at radius 3 is 2.36 bits per heavy atom. The first kappa shape index (κ1) is 17.8. The third-order valence-corrected chi connectivity index (χ3v) is 9.52. The normalized spacial score (nSPS) is 55.0. The average molecular weight is 348 g/mol. The van der Waals surface area contributed by atoms with Gasteiger partial charge in [0.1, 0.15) is 0 Å². The fourth-order valence-electron chi connectivity index (χ4n) is 8.04. The fraction of sp³-hybridized carbons (Fsp3) is 0.955. The van der Waals surface area contributed by atoms with E-state index in [0.29, 0.717) is 11.3 Å². The van der Waals surface area contributed by atoms with E-state index in [2.05, 4.69) is 19.2 Å². The molecule has 4 aliphatic rings. The van der Waals surface area contributed by atoms with Crippen LogP contribution in [-0.4, -0.2) is 23.7 Å². The average Bonchev–Trinajstić information content (AvgIpc) is 2.92. The molecule has 1 amide bonds. The van der Waals surface area contributed by atoms with E-state index in [1.54, 1.807) is 7.05 Å². The van der Waals surface area contributed by atoms with Crippen LogP contribution in [-0.2, 0) is 4.79 Å². The summed E-state index contributed by atoms with van der Waals surface area (Å²) in [5.41, 5.74) is 0.181. The Morgan fingerprint density at radius 2 is 1.64 bits per heavy atom. The van der Waals surface area contributed by atoms with Crippen molar-refractivity contribution in [3.8, 4) is 0 Å². The highest BCUT2D eigenvalue weighted by Crippen LogP contribution is 2.67. The Bertz CT molecular complexity index is 558. The smallest absolute Gasteiger partial charge is 0.223 e. The number of aliphatic hydroxyl groups is 1. The van der Waals surface area contributed by atoms with E-state index in [0.717, 1.165) is 37.0 Å². The number of hydrogen-bond acceptors (Lipinski definition) is 2. The van der Waals surface area contributed by atoms with Crippen molar-refractivity contribution in [3.63, 3.8) is 0 Å². The molecule has 0 heterocycles. The van der Waals surface area contributed by atoms with Gasteiger partial charge >= 0.3 is 0 Å². The van der Waals surface area contributed by atoms with Crippen molar-refractivity contribution < 1.29 is 9.90 Å². The maximum atomic E-state index is 12.5.